The topological polar surface area (TPSA) is 51.0 Å². The third-order valence-corrected chi connectivity index (χ3v) is 6.11. The number of para-hydroxylation sites is 1. The highest BCUT2D eigenvalue weighted by Crippen LogP contribution is 2.24. The van der Waals surface area contributed by atoms with E-state index in [1.54, 1.807) is 0 Å². The summed E-state index contributed by atoms with van der Waals surface area (Å²) in [4.78, 5) is 14.8. The minimum absolute atomic E-state index is 0.0913. The second-order valence-corrected chi connectivity index (χ2v) is 8.36. The quantitative estimate of drug-likeness (QED) is 0.342. The van der Waals surface area contributed by atoms with Gasteiger partial charge in [-0.05, 0) is 30.2 Å². The first kappa shape index (κ1) is 21.8. The number of aromatic nitrogens is 3. The zero-order chi connectivity index (χ0) is 22.2. The van der Waals surface area contributed by atoms with Gasteiger partial charge in [-0.2, -0.15) is 0 Å². The predicted molar refractivity (Wildman–Crippen MR) is 129 cm³/mol. The Morgan fingerprint density at radius 3 is 2.06 bits per heavy atom. The Morgan fingerprint density at radius 2 is 1.44 bits per heavy atom. The maximum Gasteiger partial charge on any atom is 0.233 e. The van der Waals surface area contributed by atoms with E-state index in [0.717, 1.165) is 22.2 Å². The van der Waals surface area contributed by atoms with E-state index < -0.39 is 0 Å². The maximum absolute atomic E-state index is 12.9. The summed E-state index contributed by atoms with van der Waals surface area (Å²) in [5.41, 5.74) is 3.30. The molecule has 0 saturated heterocycles. The molecule has 0 unspecified atom stereocenters. The van der Waals surface area contributed by atoms with Crippen molar-refractivity contribution in [2.45, 2.75) is 25.0 Å². The second-order valence-electron chi connectivity index (χ2n) is 7.41. The molecule has 5 nitrogen and oxygen atoms in total. The summed E-state index contributed by atoms with van der Waals surface area (Å²) in [6, 6.07) is 30.4. The van der Waals surface area contributed by atoms with Crippen molar-refractivity contribution in [1.82, 2.24) is 19.7 Å². The molecule has 0 aliphatic carbocycles. The van der Waals surface area contributed by atoms with Gasteiger partial charge < -0.3 is 4.90 Å². The highest BCUT2D eigenvalue weighted by atomic mass is 32.2. The van der Waals surface area contributed by atoms with E-state index in [1.807, 2.05) is 90.7 Å². The van der Waals surface area contributed by atoms with Gasteiger partial charge in [0.05, 0.1) is 5.75 Å². The molecule has 0 fully saturated rings. The van der Waals surface area contributed by atoms with Crippen molar-refractivity contribution in [3.8, 4) is 5.69 Å². The monoisotopic (exact) mass is 442 g/mol. The molecular weight excluding hydrogens is 416 g/mol. The largest absolute Gasteiger partial charge is 0.338 e. The van der Waals surface area contributed by atoms with Gasteiger partial charge in [0.25, 0.3) is 0 Å². The summed E-state index contributed by atoms with van der Waals surface area (Å²) in [6.07, 6.45) is 0.673. The van der Waals surface area contributed by atoms with E-state index >= 15 is 0 Å². The predicted octanol–water partition coefficient (Wildman–Crippen LogP) is 5.00. The minimum Gasteiger partial charge on any atom is -0.338 e. The number of hydrogen-bond donors (Lipinski definition) is 0. The number of nitrogens with zero attached hydrogens (tertiary/aromatic N) is 4. The molecule has 0 N–H and O–H groups in total. The van der Waals surface area contributed by atoms with Crippen LogP contribution in [0.3, 0.4) is 0 Å². The first-order valence-electron chi connectivity index (χ1n) is 10.7. The lowest BCUT2D eigenvalue weighted by Crippen LogP contribution is -2.31. The molecule has 32 heavy (non-hydrogen) atoms. The van der Waals surface area contributed by atoms with E-state index in [9.17, 15) is 4.79 Å². The van der Waals surface area contributed by atoms with Crippen LogP contribution >= 0.6 is 11.8 Å². The molecule has 0 spiro atoms. The molecule has 3 aromatic carbocycles. The fraction of sp³-hybridized carbons (Fsp3) is 0.192. The number of carbonyl (C=O) groups is 1. The van der Waals surface area contributed by atoms with Crippen LogP contribution in [0.15, 0.2) is 96.2 Å². The van der Waals surface area contributed by atoms with Crippen molar-refractivity contribution in [3.05, 3.63) is 108 Å². The van der Waals surface area contributed by atoms with Crippen molar-refractivity contribution in [2.24, 2.45) is 0 Å². The molecular formula is C26H26N4OS. The summed E-state index contributed by atoms with van der Waals surface area (Å²) in [7, 11) is 0. The molecule has 162 valence electrons. The fourth-order valence-corrected chi connectivity index (χ4v) is 4.39. The van der Waals surface area contributed by atoms with Crippen molar-refractivity contribution < 1.29 is 4.79 Å². The Balaban J connectivity index is 1.52. The summed E-state index contributed by atoms with van der Waals surface area (Å²) in [6.45, 7) is 3.29. The average molecular weight is 443 g/mol. The third-order valence-electron chi connectivity index (χ3n) is 5.20. The van der Waals surface area contributed by atoms with Gasteiger partial charge in [0.2, 0.25) is 5.91 Å². The van der Waals surface area contributed by atoms with E-state index in [4.69, 9.17) is 0 Å². The Morgan fingerprint density at radius 1 is 0.844 bits per heavy atom. The molecule has 4 aromatic rings. The van der Waals surface area contributed by atoms with Crippen LogP contribution < -0.4 is 0 Å². The number of carbonyl (C=O) groups excluding carboxylic acids is 1. The van der Waals surface area contributed by atoms with Crippen LogP contribution in [0, 0.1) is 0 Å². The molecule has 1 aromatic heterocycles. The zero-order valence-electron chi connectivity index (χ0n) is 18.1. The van der Waals surface area contributed by atoms with E-state index in [-0.39, 0.29) is 5.91 Å². The average Bonchev–Trinajstić information content (AvgIpc) is 3.25. The number of benzene rings is 3. The smallest absolute Gasteiger partial charge is 0.233 e. The SMILES string of the molecule is CCN(Cc1ccccc1)C(=O)CSc1nnc(Cc2ccccc2)n1-c1ccccc1. The van der Waals surface area contributed by atoms with Crippen molar-refractivity contribution in [2.75, 3.05) is 12.3 Å². The van der Waals surface area contributed by atoms with Crippen LogP contribution in [-0.4, -0.2) is 37.9 Å². The lowest BCUT2D eigenvalue weighted by atomic mass is 10.1. The maximum atomic E-state index is 12.9. The Bertz CT molecular complexity index is 1130. The van der Waals surface area contributed by atoms with Gasteiger partial charge in [0, 0.05) is 25.2 Å². The van der Waals surface area contributed by atoms with Crippen LogP contribution in [0.1, 0.15) is 23.9 Å². The van der Waals surface area contributed by atoms with E-state index in [0.29, 0.717) is 25.3 Å². The van der Waals surface area contributed by atoms with Crippen molar-refractivity contribution in [1.29, 1.82) is 0 Å². The fourth-order valence-electron chi connectivity index (χ4n) is 3.52. The van der Waals surface area contributed by atoms with Gasteiger partial charge in [0.1, 0.15) is 5.82 Å². The van der Waals surface area contributed by atoms with Gasteiger partial charge >= 0.3 is 0 Å². The molecule has 1 amide bonds. The summed E-state index contributed by atoms with van der Waals surface area (Å²) < 4.78 is 2.05. The van der Waals surface area contributed by atoms with Crippen LogP contribution in [-0.2, 0) is 17.8 Å². The van der Waals surface area contributed by atoms with Crippen molar-refractivity contribution >= 4 is 17.7 Å². The lowest BCUT2D eigenvalue weighted by molar-refractivity contribution is -0.128. The molecule has 0 saturated carbocycles. The van der Waals surface area contributed by atoms with E-state index in [2.05, 4.69) is 26.9 Å². The molecule has 0 aliphatic rings. The molecule has 0 radical (unpaired) electrons. The van der Waals surface area contributed by atoms with E-state index in [1.165, 1.54) is 17.3 Å². The Hall–Kier alpha value is -3.38. The van der Waals surface area contributed by atoms with Crippen molar-refractivity contribution in [3.63, 3.8) is 0 Å². The standard InChI is InChI=1S/C26H26N4OS/c1-2-29(19-22-14-8-4-9-15-22)25(31)20-32-26-28-27-24(18-21-12-6-3-7-13-21)30(26)23-16-10-5-11-17-23/h3-17H,2,18-20H2,1H3. The number of amides is 1. The second kappa shape index (κ2) is 10.8. The van der Waals surface area contributed by atoms with Gasteiger partial charge in [-0.25, -0.2) is 0 Å². The van der Waals surface area contributed by atoms with Crippen LogP contribution in [0.4, 0.5) is 0 Å². The first-order valence-corrected chi connectivity index (χ1v) is 11.7. The zero-order valence-corrected chi connectivity index (χ0v) is 18.9. The van der Waals surface area contributed by atoms with Gasteiger partial charge in [0.15, 0.2) is 5.16 Å². The Labute approximate surface area is 193 Å². The highest BCUT2D eigenvalue weighted by Gasteiger charge is 2.18. The third kappa shape index (κ3) is 5.45. The normalized spacial score (nSPS) is 10.8. The number of thioether (sulfide) groups is 1. The number of rotatable bonds is 9. The lowest BCUT2D eigenvalue weighted by Gasteiger charge is -2.21. The van der Waals surface area contributed by atoms with Gasteiger partial charge in [-0.1, -0.05) is 90.6 Å². The Kier molecular flexibility index (Phi) is 7.35. The van der Waals surface area contributed by atoms with Crippen LogP contribution in [0.5, 0.6) is 0 Å². The summed E-state index contributed by atoms with van der Waals surface area (Å²) >= 11 is 1.43. The molecule has 6 heteroatoms. The van der Waals surface area contributed by atoms with Gasteiger partial charge in [-0.3, -0.25) is 9.36 Å². The molecule has 0 aliphatic heterocycles. The highest BCUT2D eigenvalue weighted by molar-refractivity contribution is 7.99. The molecule has 4 rings (SSSR count). The van der Waals surface area contributed by atoms with Crippen LogP contribution in [0.2, 0.25) is 0 Å². The number of hydrogen-bond acceptors (Lipinski definition) is 4. The first-order chi connectivity index (χ1) is 15.7. The minimum atomic E-state index is 0.0913. The molecule has 1 heterocycles. The molecule has 0 atom stereocenters. The summed E-state index contributed by atoms with van der Waals surface area (Å²) in [5.74, 6) is 1.26. The molecule has 0 bridgehead atoms. The summed E-state index contributed by atoms with van der Waals surface area (Å²) in [5, 5.41) is 9.63. The van der Waals surface area contributed by atoms with Crippen LogP contribution in [0.25, 0.3) is 5.69 Å². The van der Waals surface area contributed by atoms with Gasteiger partial charge in [-0.15, -0.1) is 10.2 Å².